The molecule has 0 amide bonds. The second-order valence-electron chi connectivity index (χ2n) is 13.1. The van der Waals surface area contributed by atoms with E-state index in [2.05, 4.69) is 72.8 Å². The molecule has 10 rings (SSSR count). The average molecular weight is 691 g/mol. The number of fused-ring (bicyclic) bond motifs is 6. The molecule has 0 saturated heterocycles. The van der Waals surface area contributed by atoms with Crippen molar-refractivity contribution in [3.05, 3.63) is 183 Å². The summed E-state index contributed by atoms with van der Waals surface area (Å²) in [7, 11) is 0. The zero-order chi connectivity index (χ0) is 35.8. The number of hydrogen-bond acceptors (Lipinski definition) is 6. The molecule has 6 heteroatoms. The van der Waals surface area contributed by atoms with Crippen LogP contribution in [0.2, 0.25) is 0 Å². The fourth-order valence-corrected chi connectivity index (χ4v) is 7.54. The summed E-state index contributed by atoms with van der Waals surface area (Å²) in [5, 5.41) is 6.58. The van der Waals surface area contributed by atoms with Gasteiger partial charge in [0.2, 0.25) is 0 Å². The zero-order valence-electron chi connectivity index (χ0n) is 29.0. The minimum absolute atomic E-state index is 0.878. The molecule has 0 saturated carbocycles. The molecule has 0 spiro atoms. The molecule has 6 nitrogen and oxygen atoms in total. The van der Waals surface area contributed by atoms with Crippen molar-refractivity contribution >= 4 is 32.3 Å². The third-order valence-corrected chi connectivity index (χ3v) is 9.99. The number of aromatic nitrogens is 6. The van der Waals surface area contributed by atoms with Crippen LogP contribution in [0.25, 0.3) is 99.9 Å². The Kier molecular flexibility index (Phi) is 7.69. The minimum Gasteiger partial charge on any atom is -0.256 e. The summed E-state index contributed by atoms with van der Waals surface area (Å²) < 4.78 is 0. The van der Waals surface area contributed by atoms with Crippen molar-refractivity contribution in [2.75, 3.05) is 0 Å². The van der Waals surface area contributed by atoms with Gasteiger partial charge in [0, 0.05) is 70.6 Å². The molecule has 0 aliphatic carbocycles. The molecule has 0 bridgehead atoms. The Morgan fingerprint density at radius 3 is 0.500 bits per heavy atom. The summed E-state index contributed by atoms with van der Waals surface area (Å²) in [6.45, 7) is 0. The van der Waals surface area contributed by atoms with Gasteiger partial charge < -0.3 is 0 Å². The van der Waals surface area contributed by atoms with Gasteiger partial charge in [0.1, 0.15) is 0 Å². The van der Waals surface area contributed by atoms with Crippen LogP contribution in [0.15, 0.2) is 183 Å². The fraction of sp³-hybridized carbons (Fsp3) is 0. The molecular formula is C48H30N6. The van der Waals surface area contributed by atoms with Gasteiger partial charge in [-0.25, -0.2) is 0 Å². The van der Waals surface area contributed by atoms with E-state index >= 15 is 0 Å². The monoisotopic (exact) mass is 690 g/mol. The summed E-state index contributed by atoms with van der Waals surface area (Å²) in [6.07, 6.45) is 11.1. The normalized spacial score (nSPS) is 11.3. The first kappa shape index (κ1) is 31.3. The number of nitrogens with zero attached hydrogens (tertiary/aromatic N) is 6. The second kappa shape index (κ2) is 13.3. The van der Waals surface area contributed by atoms with Crippen molar-refractivity contribution in [3.8, 4) is 67.5 Å². The lowest BCUT2D eigenvalue weighted by Crippen LogP contribution is -1.96. The van der Waals surface area contributed by atoms with Crippen LogP contribution in [-0.2, 0) is 0 Å². The molecule has 0 fully saturated rings. The van der Waals surface area contributed by atoms with E-state index in [1.54, 1.807) is 0 Å². The molecule has 6 aromatic heterocycles. The summed E-state index contributed by atoms with van der Waals surface area (Å²) in [5.41, 5.74) is 11.3. The number of rotatable bonds is 6. The zero-order valence-corrected chi connectivity index (χ0v) is 29.0. The molecule has 252 valence electrons. The highest BCUT2D eigenvalue weighted by molar-refractivity contribution is 6.29. The lowest BCUT2D eigenvalue weighted by molar-refractivity contribution is 1.30. The van der Waals surface area contributed by atoms with Crippen LogP contribution >= 0.6 is 0 Å². The first-order chi connectivity index (χ1) is 26.8. The average Bonchev–Trinajstić information content (AvgIpc) is 3.27. The van der Waals surface area contributed by atoms with E-state index < -0.39 is 0 Å². The number of benzene rings is 4. The molecule has 10 aromatic rings. The van der Waals surface area contributed by atoms with E-state index in [1.165, 1.54) is 0 Å². The van der Waals surface area contributed by atoms with Crippen molar-refractivity contribution < 1.29 is 0 Å². The lowest BCUT2D eigenvalue weighted by Gasteiger charge is -2.20. The first-order valence-corrected chi connectivity index (χ1v) is 17.8. The van der Waals surface area contributed by atoms with Gasteiger partial charge in [0.25, 0.3) is 0 Å². The smallest absolute Gasteiger partial charge is 0.0708 e. The third-order valence-electron chi connectivity index (χ3n) is 9.99. The van der Waals surface area contributed by atoms with E-state index in [0.717, 1.165) is 99.9 Å². The Morgan fingerprint density at radius 1 is 0.204 bits per heavy atom. The van der Waals surface area contributed by atoms with Crippen molar-refractivity contribution in [3.63, 3.8) is 0 Å². The summed E-state index contributed by atoms with van der Waals surface area (Å²) in [5.74, 6) is 0. The molecule has 0 unspecified atom stereocenters. The molecule has 0 radical (unpaired) electrons. The number of hydrogen-bond donors (Lipinski definition) is 0. The first-order valence-electron chi connectivity index (χ1n) is 17.8. The molecule has 0 N–H and O–H groups in total. The van der Waals surface area contributed by atoms with Crippen molar-refractivity contribution in [2.45, 2.75) is 0 Å². The van der Waals surface area contributed by atoms with Crippen molar-refractivity contribution in [2.24, 2.45) is 0 Å². The molecule has 0 atom stereocenters. The van der Waals surface area contributed by atoms with Gasteiger partial charge in [0.05, 0.1) is 34.2 Å². The summed E-state index contributed by atoms with van der Waals surface area (Å²) in [6, 6.07) is 50.0. The molecule has 0 aliphatic heterocycles. The van der Waals surface area contributed by atoms with Gasteiger partial charge in [-0.05, 0) is 142 Å². The third kappa shape index (κ3) is 5.45. The van der Waals surface area contributed by atoms with E-state index in [1.807, 2.05) is 110 Å². The maximum atomic E-state index is 4.84. The molecule has 6 heterocycles. The van der Waals surface area contributed by atoms with Gasteiger partial charge in [-0.15, -0.1) is 0 Å². The predicted octanol–water partition coefficient (Wildman–Crippen LogP) is 11.5. The summed E-state index contributed by atoms with van der Waals surface area (Å²) in [4.78, 5) is 29.0. The second-order valence-corrected chi connectivity index (χ2v) is 13.1. The molecule has 4 aromatic carbocycles. The lowest BCUT2D eigenvalue weighted by atomic mass is 9.85. The Labute approximate surface area is 311 Å². The topological polar surface area (TPSA) is 77.3 Å². The highest BCUT2D eigenvalue weighted by Gasteiger charge is 2.21. The Bertz CT molecular complexity index is 2380. The number of pyridine rings is 6. The van der Waals surface area contributed by atoms with Gasteiger partial charge in [-0.2, -0.15) is 0 Å². The molecule has 54 heavy (non-hydrogen) atoms. The van der Waals surface area contributed by atoms with Crippen LogP contribution in [0, 0.1) is 0 Å². The van der Waals surface area contributed by atoms with E-state index in [4.69, 9.17) is 29.9 Å². The van der Waals surface area contributed by atoms with Crippen LogP contribution < -0.4 is 0 Å². The van der Waals surface area contributed by atoms with Crippen LogP contribution in [0.3, 0.4) is 0 Å². The standard InChI is InChI=1S/C48H30N6/c1-7-19-49-43(13-1)37-25-31-32(26-38(37)44-14-2-8-20-50-44)34-28-40(46-16-4-10-22-52-46)42(48-18-6-12-24-54-48)30-36(34)35-29-41(47-17-5-11-23-53-47)39(27-33(31)35)45-15-3-9-21-51-45/h1-30H. The van der Waals surface area contributed by atoms with Crippen LogP contribution in [-0.4, -0.2) is 29.9 Å². The van der Waals surface area contributed by atoms with E-state index in [-0.39, 0.29) is 0 Å². The molecular weight excluding hydrogens is 661 g/mol. The van der Waals surface area contributed by atoms with Crippen LogP contribution in [0.4, 0.5) is 0 Å². The highest BCUT2D eigenvalue weighted by Crippen LogP contribution is 2.46. The fourth-order valence-electron chi connectivity index (χ4n) is 7.54. The SMILES string of the molecule is c1ccc(-c2cc3c4cc(-c5ccccn5)c(-c5ccccn5)cc4c4cc(-c5ccccn5)c(-c5ccccn5)cc4c3cc2-c2ccccn2)nc1. The Morgan fingerprint density at radius 2 is 0.370 bits per heavy atom. The largest absolute Gasteiger partial charge is 0.256 e. The van der Waals surface area contributed by atoms with Crippen molar-refractivity contribution in [1.82, 2.24) is 29.9 Å². The van der Waals surface area contributed by atoms with E-state index in [0.29, 0.717) is 0 Å². The van der Waals surface area contributed by atoms with Gasteiger partial charge >= 0.3 is 0 Å². The predicted molar refractivity (Wildman–Crippen MR) is 218 cm³/mol. The van der Waals surface area contributed by atoms with Gasteiger partial charge in [0.15, 0.2) is 0 Å². The highest BCUT2D eigenvalue weighted by atomic mass is 14.7. The Hall–Kier alpha value is -7.44. The minimum atomic E-state index is 0.878. The summed E-state index contributed by atoms with van der Waals surface area (Å²) >= 11 is 0. The van der Waals surface area contributed by atoms with Crippen LogP contribution in [0.5, 0.6) is 0 Å². The maximum absolute atomic E-state index is 4.84. The Balaban J connectivity index is 1.42. The quantitative estimate of drug-likeness (QED) is 0.162. The van der Waals surface area contributed by atoms with Gasteiger partial charge in [-0.3, -0.25) is 29.9 Å². The van der Waals surface area contributed by atoms with Gasteiger partial charge in [-0.1, -0.05) is 36.4 Å². The molecule has 0 aliphatic rings. The van der Waals surface area contributed by atoms with Crippen LogP contribution in [0.1, 0.15) is 0 Å². The van der Waals surface area contributed by atoms with E-state index in [9.17, 15) is 0 Å². The van der Waals surface area contributed by atoms with Crippen molar-refractivity contribution in [1.29, 1.82) is 0 Å². The maximum Gasteiger partial charge on any atom is 0.0708 e.